The second-order valence-electron chi connectivity index (χ2n) is 8.91. The molecule has 2 N–H and O–H groups in total. The van der Waals surface area contributed by atoms with Crippen LogP contribution in [-0.4, -0.2) is 17.7 Å². The van der Waals surface area contributed by atoms with E-state index in [-0.39, 0.29) is 30.1 Å². The average Bonchev–Trinajstić information content (AvgIpc) is 3.38. The summed E-state index contributed by atoms with van der Waals surface area (Å²) in [4.78, 5) is 36.9. The zero-order valence-electron chi connectivity index (χ0n) is 19.9. The van der Waals surface area contributed by atoms with E-state index in [9.17, 15) is 14.4 Å². The molecule has 0 bridgehead atoms. The highest BCUT2D eigenvalue weighted by atomic mass is 16.5. The summed E-state index contributed by atoms with van der Waals surface area (Å²) >= 11 is 0. The molecule has 5 rings (SSSR count). The van der Waals surface area contributed by atoms with E-state index in [2.05, 4.69) is 10.6 Å². The van der Waals surface area contributed by atoms with E-state index < -0.39 is 5.41 Å². The minimum absolute atomic E-state index is 0.173. The lowest BCUT2D eigenvalue weighted by atomic mass is 9.72. The van der Waals surface area contributed by atoms with Gasteiger partial charge in [0.2, 0.25) is 11.8 Å². The minimum atomic E-state index is -0.739. The normalized spacial score (nSPS) is 17.6. The van der Waals surface area contributed by atoms with Gasteiger partial charge in [0, 0.05) is 12.1 Å². The summed E-state index contributed by atoms with van der Waals surface area (Å²) in [5.74, 6) is 0.529. The first-order chi connectivity index (χ1) is 17.5. The molecule has 0 radical (unpaired) electrons. The Kier molecular flexibility index (Phi) is 6.29. The molecule has 1 atom stereocenters. The van der Waals surface area contributed by atoms with Crippen LogP contribution in [0.2, 0.25) is 0 Å². The van der Waals surface area contributed by atoms with E-state index in [1.54, 1.807) is 24.3 Å². The van der Waals surface area contributed by atoms with Crippen LogP contribution in [0.5, 0.6) is 5.75 Å². The predicted molar refractivity (Wildman–Crippen MR) is 136 cm³/mol. The van der Waals surface area contributed by atoms with Gasteiger partial charge in [0.1, 0.15) is 18.1 Å². The summed E-state index contributed by atoms with van der Waals surface area (Å²) in [5, 5.41) is 7.49. The molecule has 36 heavy (non-hydrogen) atoms. The van der Waals surface area contributed by atoms with Crippen LogP contribution in [0.4, 0.5) is 5.69 Å². The summed E-state index contributed by atoms with van der Waals surface area (Å²) in [6.45, 7) is 2.13. The number of anilines is 1. The van der Waals surface area contributed by atoms with Crippen LogP contribution in [0.3, 0.4) is 0 Å². The molecule has 1 fully saturated rings. The number of hydrogen-bond donors (Lipinski definition) is 2. The molecule has 7 heteroatoms. The van der Waals surface area contributed by atoms with Crippen LogP contribution in [0, 0.1) is 0 Å². The number of carbonyl (C=O) groups is 3. The van der Waals surface area contributed by atoms with Crippen molar-refractivity contribution < 1.29 is 23.5 Å². The maximum atomic E-state index is 12.7. The van der Waals surface area contributed by atoms with Crippen molar-refractivity contribution in [2.24, 2.45) is 0 Å². The molecule has 7 nitrogen and oxygen atoms in total. The number of furan rings is 1. The molecule has 0 spiro atoms. The van der Waals surface area contributed by atoms with Crippen LogP contribution in [-0.2, 0) is 21.6 Å². The lowest BCUT2D eigenvalue weighted by molar-refractivity contribution is -0.138. The Morgan fingerprint density at radius 1 is 1.00 bits per heavy atom. The molecule has 1 aromatic heterocycles. The Morgan fingerprint density at radius 3 is 2.53 bits per heavy atom. The van der Waals surface area contributed by atoms with Gasteiger partial charge in [-0.15, -0.1) is 0 Å². The number of ether oxygens (including phenoxy) is 1. The summed E-state index contributed by atoms with van der Waals surface area (Å²) in [6.07, 6.45) is 1.36. The molecule has 182 valence electrons. The summed E-state index contributed by atoms with van der Waals surface area (Å²) in [7, 11) is 0. The molecular formula is C29H26N2O5. The van der Waals surface area contributed by atoms with Crippen LogP contribution in [0.1, 0.15) is 48.1 Å². The van der Waals surface area contributed by atoms with E-state index in [0.717, 1.165) is 22.1 Å². The maximum Gasteiger partial charge on any atom is 0.291 e. The third-order valence-corrected chi connectivity index (χ3v) is 6.75. The van der Waals surface area contributed by atoms with Gasteiger partial charge in [-0.25, -0.2) is 0 Å². The molecule has 1 unspecified atom stereocenters. The Balaban J connectivity index is 1.21. The summed E-state index contributed by atoms with van der Waals surface area (Å²) in [5.41, 5.74) is 0.656. The Bertz CT molecular complexity index is 1440. The van der Waals surface area contributed by atoms with Crippen molar-refractivity contribution >= 4 is 34.2 Å². The van der Waals surface area contributed by atoms with E-state index in [0.29, 0.717) is 30.7 Å². The van der Waals surface area contributed by atoms with Crippen molar-refractivity contribution in [2.75, 3.05) is 5.32 Å². The fraction of sp³-hybridized carbons (Fsp3) is 0.207. The zero-order valence-corrected chi connectivity index (χ0v) is 19.9. The van der Waals surface area contributed by atoms with Crippen LogP contribution in [0.15, 0.2) is 83.3 Å². The summed E-state index contributed by atoms with van der Waals surface area (Å²) in [6, 6.07) is 24.4. The Morgan fingerprint density at radius 2 is 1.78 bits per heavy atom. The van der Waals surface area contributed by atoms with Gasteiger partial charge < -0.3 is 14.5 Å². The monoisotopic (exact) mass is 482 g/mol. The topological polar surface area (TPSA) is 97.6 Å². The molecule has 1 aliphatic heterocycles. The largest absolute Gasteiger partial charge is 0.486 e. The lowest BCUT2D eigenvalue weighted by Gasteiger charge is -2.35. The summed E-state index contributed by atoms with van der Waals surface area (Å²) < 4.78 is 11.5. The number of benzene rings is 3. The molecule has 0 saturated carbocycles. The molecule has 2 heterocycles. The van der Waals surface area contributed by atoms with E-state index >= 15 is 0 Å². The number of rotatable bonds is 7. The highest BCUT2D eigenvalue weighted by Crippen LogP contribution is 2.36. The first-order valence-corrected chi connectivity index (χ1v) is 11.9. The Labute approximate surface area is 208 Å². The van der Waals surface area contributed by atoms with Gasteiger partial charge in [-0.2, -0.15) is 0 Å². The molecule has 1 saturated heterocycles. The molecular weight excluding hydrogens is 456 g/mol. The SMILES string of the molecule is CCC1(c2ccc(NC(=O)c3ccc(COc4ccc5ccccc5c4)o3)cc2)CCC(=O)NC1=O. The molecule has 1 aliphatic rings. The van der Waals surface area contributed by atoms with Gasteiger partial charge in [0.25, 0.3) is 5.91 Å². The van der Waals surface area contributed by atoms with Crippen molar-refractivity contribution in [3.63, 3.8) is 0 Å². The molecule has 4 aromatic rings. The average molecular weight is 483 g/mol. The number of piperidine rings is 1. The number of amides is 3. The number of carbonyl (C=O) groups excluding carboxylic acids is 3. The van der Waals surface area contributed by atoms with Gasteiger partial charge in [0.15, 0.2) is 5.76 Å². The van der Waals surface area contributed by atoms with Crippen LogP contribution >= 0.6 is 0 Å². The minimum Gasteiger partial charge on any atom is -0.486 e. The number of nitrogens with one attached hydrogen (secondary N) is 2. The second kappa shape index (κ2) is 9.70. The standard InChI is InChI=1S/C29H26N2O5/c1-2-29(16-15-26(32)31-28(29)34)21-8-10-22(11-9-21)30-27(33)25-14-13-24(36-25)18-35-23-12-7-19-5-3-4-6-20(19)17-23/h3-14,17H,2,15-16,18H2,1H3,(H,30,33)(H,31,32,34). The van der Waals surface area contributed by atoms with E-state index in [1.807, 2.05) is 61.5 Å². The number of hydrogen-bond acceptors (Lipinski definition) is 5. The third-order valence-electron chi connectivity index (χ3n) is 6.75. The lowest BCUT2D eigenvalue weighted by Crippen LogP contribution is -2.51. The molecule has 3 aromatic carbocycles. The van der Waals surface area contributed by atoms with Crippen molar-refractivity contribution in [1.29, 1.82) is 0 Å². The first-order valence-electron chi connectivity index (χ1n) is 11.9. The van der Waals surface area contributed by atoms with E-state index in [1.165, 1.54) is 0 Å². The number of fused-ring (bicyclic) bond motifs is 1. The van der Waals surface area contributed by atoms with Crippen LogP contribution in [0.25, 0.3) is 10.8 Å². The quantitative estimate of drug-likeness (QED) is 0.346. The van der Waals surface area contributed by atoms with Gasteiger partial charge >= 0.3 is 0 Å². The van der Waals surface area contributed by atoms with Gasteiger partial charge in [-0.05, 0) is 65.6 Å². The predicted octanol–water partition coefficient (Wildman–Crippen LogP) is 5.35. The van der Waals surface area contributed by atoms with Crippen LogP contribution < -0.4 is 15.4 Å². The van der Waals surface area contributed by atoms with Crippen molar-refractivity contribution in [3.8, 4) is 5.75 Å². The fourth-order valence-corrected chi connectivity index (χ4v) is 4.62. The maximum absolute atomic E-state index is 12.7. The molecule has 3 amide bonds. The third kappa shape index (κ3) is 4.60. The van der Waals surface area contributed by atoms with E-state index in [4.69, 9.17) is 9.15 Å². The fourth-order valence-electron chi connectivity index (χ4n) is 4.62. The molecule has 0 aliphatic carbocycles. The van der Waals surface area contributed by atoms with Gasteiger partial charge in [-0.1, -0.05) is 49.4 Å². The van der Waals surface area contributed by atoms with Crippen molar-refractivity contribution in [1.82, 2.24) is 5.32 Å². The highest BCUT2D eigenvalue weighted by molar-refractivity contribution is 6.04. The van der Waals surface area contributed by atoms with Crippen molar-refractivity contribution in [2.45, 2.75) is 38.2 Å². The Hall–Kier alpha value is -4.39. The zero-order chi connectivity index (χ0) is 25.1. The second-order valence-corrected chi connectivity index (χ2v) is 8.91. The number of imide groups is 1. The van der Waals surface area contributed by atoms with Gasteiger partial charge in [0.05, 0.1) is 5.41 Å². The highest BCUT2D eigenvalue weighted by Gasteiger charge is 2.42. The smallest absolute Gasteiger partial charge is 0.291 e. The first kappa shape index (κ1) is 23.4. The van der Waals surface area contributed by atoms with Gasteiger partial charge in [-0.3, -0.25) is 19.7 Å². The van der Waals surface area contributed by atoms with Crippen molar-refractivity contribution in [3.05, 3.63) is 95.9 Å².